The molecule has 0 radical (unpaired) electrons. The Balaban J connectivity index is 1.38. The predicted octanol–water partition coefficient (Wildman–Crippen LogP) is 4.20. The second-order valence-electron chi connectivity index (χ2n) is 7.51. The lowest BCUT2D eigenvalue weighted by Gasteiger charge is -2.37. The maximum atomic E-state index is 12.8. The number of aryl methyl sites for hydroxylation is 1. The Bertz CT molecular complexity index is 1030. The van der Waals surface area contributed by atoms with Crippen LogP contribution in [-0.2, 0) is 17.6 Å². The van der Waals surface area contributed by atoms with E-state index < -0.39 is 0 Å². The van der Waals surface area contributed by atoms with Crippen molar-refractivity contribution in [2.24, 2.45) is 0 Å². The predicted molar refractivity (Wildman–Crippen MR) is 112 cm³/mol. The van der Waals surface area contributed by atoms with Crippen molar-refractivity contribution in [3.63, 3.8) is 0 Å². The summed E-state index contributed by atoms with van der Waals surface area (Å²) in [7, 11) is 0. The van der Waals surface area contributed by atoms with E-state index in [1.54, 1.807) is 0 Å². The minimum Gasteiger partial charge on any atom is -0.425 e. The lowest BCUT2D eigenvalue weighted by atomic mass is 9.99. The number of hydrogen-bond donors (Lipinski definition) is 1. The number of nitrogens with zero attached hydrogens (tertiary/aromatic N) is 3. The SMILES string of the molecule is C=CC[C@@H]1CC=C[C@@H](C)N1C(=O)CCc1nnc(Cc2c[nH]c3ccccc23)o1. The molecule has 0 fully saturated rings. The third-order valence-electron chi connectivity index (χ3n) is 5.46. The monoisotopic (exact) mass is 390 g/mol. The second-order valence-corrected chi connectivity index (χ2v) is 7.51. The summed E-state index contributed by atoms with van der Waals surface area (Å²) >= 11 is 0. The number of aromatic nitrogens is 3. The van der Waals surface area contributed by atoms with E-state index in [1.165, 1.54) is 0 Å². The van der Waals surface area contributed by atoms with Gasteiger partial charge >= 0.3 is 0 Å². The normalized spacial score (nSPS) is 19.0. The first kappa shape index (κ1) is 19.2. The van der Waals surface area contributed by atoms with E-state index in [0.717, 1.165) is 29.3 Å². The Morgan fingerprint density at radius 3 is 3.03 bits per heavy atom. The molecule has 1 amide bonds. The summed E-state index contributed by atoms with van der Waals surface area (Å²) in [6.07, 6.45) is 11.2. The van der Waals surface area contributed by atoms with Crippen LogP contribution < -0.4 is 0 Å². The van der Waals surface area contributed by atoms with Gasteiger partial charge in [-0.05, 0) is 31.4 Å². The molecule has 29 heavy (non-hydrogen) atoms. The summed E-state index contributed by atoms with van der Waals surface area (Å²) in [5.41, 5.74) is 2.21. The van der Waals surface area contributed by atoms with Gasteiger partial charge in [0, 0.05) is 42.0 Å². The molecule has 3 aromatic rings. The number of H-pyrrole nitrogens is 1. The van der Waals surface area contributed by atoms with Crippen molar-refractivity contribution in [2.45, 2.75) is 51.1 Å². The number of aromatic amines is 1. The summed E-state index contributed by atoms with van der Waals surface area (Å²) in [6, 6.07) is 8.41. The van der Waals surface area contributed by atoms with Gasteiger partial charge in [-0.25, -0.2) is 0 Å². The number of para-hydroxylation sites is 1. The first-order valence-electron chi connectivity index (χ1n) is 10.1. The van der Waals surface area contributed by atoms with Gasteiger partial charge in [0.2, 0.25) is 17.7 Å². The highest BCUT2D eigenvalue weighted by Gasteiger charge is 2.28. The summed E-state index contributed by atoms with van der Waals surface area (Å²) in [5, 5.41) is 9.46. The zero-order valence-electron chi connectivity index (χ0n) is 16.7. The standard InChI is InChI=1S/C23H26N4O2/c1-3-7-18-9-6-8-16(2)27(18)23(28)13-12-21-25-26-22(29-21)14-17-15-24-20-11-5-4-10-19(17)20/h3-6,8,10-11,15-16,18,24H,1,7,9,12-14H2,2H3/t16-,18-/m1/s1. The van der Waals surface area contributed by atoms with Crippen LogP contribution in [-0.4, -0.2) is 38.1 Å². The minimum absolute atomic E-state index is 0.0984. The third kappa shape index (κ3) is 4.16. The van der Waals surface area contributed by atoms with Crippen molar-refractivity contribution in [1.29, 1.82) is 0 Å². The molecule has 6 heteroatoms. The highest BCUT2D eigenvalue weighted by Crippen LogP contribution is 2.23. The Morgan fingerprint density at radius 2 is 2.17 bits per heavy atom. The molecule has 3 heterocycles. The first-order valence-corrected chi connectivity index (χ1v) is 10.1. The molecule has 1 N–H and O–H groups in total. The molecule has 6 nitrogen and oxygen atoms in total. The van der Waals surface area contributed by atoms with Crippen molar-refractivity contribution in [3.8, 4) is 0 Å². The zero-order valence-corrected chi connectivity index (χ0v) is 16.7. The molecule has 1 aliphatic rings. The molecule has 4 rings (SSSR count). The van der Waals surface area contributed by atoms with Gasteiger partial charge in [-0.15, -0.1) is 16.8 Å². The van der Waals surface area contributed by atoms with Gasteiger partial charge < -0.3 is 14.3 Å². The smallest absolute Gasteiger partial charge is 0.223 e. The number of carbonyl (C=O) groups excluding carboxylic acids is 1. The minimum atomic E-state index is 0.0984. The maximum absolute atomic E-state index is 12.8. The molecule has 150 valence electrons. The fourth-order valence-electron chi connectivity index (χ4n) is 4.05. The summed E-state index contributed by atoms with van der Waals surface area (Å²) in [4.78, 5) is 18.1. The molecular weight excluding hydrogens is 364 g/mol. The highest BCUT2D eigenvalue weighted by atomic mass is 16.4. The van der Waals surface area contributed by atoms with Crippen LogP contribution in [0.1, 0.15) is 43.5 Å². The molecule has 2 atom stereocenters. The van der Waals surface area contributed by atoms with Crippen LogP contribution in [0.4, 0.5) is 0 Å². The van der Waals surface area contributed by atoms with Crippen molar-refractivity contribution in [2.75, 3.05) is 0 Å². The molecule has 0 unspecified atom stereocenters. The van der Waals surface area contributed by atoms with Crippen LogP contribution in [0.15, 0.2) is 59.7 Å². The lowest BCUT2D eigenvalue weighted by molar-refractivity contribution is -0.135. The molecule has 0 saturated carbocycles. The number of benzene rings is 1. The van der Waals surface area contributed by atoms with Crippen LogP contribution in [0.5, 0.6) is 0 Å². The topological polar surface area (TPSA) is 75.0 Å². The molecule has 2 aromatic heterocycles. The molecule has 0 saturated heterocycles. The number of amides is 1. The molecule has 1 aromatic carbocycles. The summed E-state index contributed by atoms with van der Waals surface area (Å²) in [5.74, 6) is 1.19. The van der Waals surface area contributed by atoms with E-state index in [2.05, 4.69) is 46.9 Å². The van der Waals surface area contributed by atoms with E-state index in [-0.39, 0.29) is 18.0 Å². The van der Waals surface area contributed by atoms with Gasteiger partial charge in [0.25, 0.3) is 0 Å². The fourth-order valence-corrected chi connectivity index (χ4v) is 4.05. The van der Waals surface area contributed by atoms with Gasteiger partial charge in [-0.1, -0.05) is 36.4 Å². The van der Waals surface area contributed by atoms with Crippen molar-refractivity contribution < 1.29 is 9.21 Å². The number of nitrogens with one attached hydrogen (secondary N) is 1. The van der Waals surface area contributed by atoms with Gasteiger partial charge in [0.15, 0.2) is 0 Å². The second kappa shape index (κ2) is 8.47. The first-order chi connectivity index (χ1) is 14.2. The number of fused-ring (bicyclic) bond motifs is 1. The van der Waals surface area contributed by atoms with Crippen LogP contribution >= 0.6 is 0 Å². The quantitative estimate of drug-likeness (QED) is 0.614. The van der Waals surface area contributed by atoms with Crippen LogP contribution in [0.2, 0.25) is 0 Å². The van der Waals surface area contributed by atoms with Gasteiger partial charge in [0.1, 0.15) is 0 Å². The zero-order chi connectivity index (χ0) is 20.2. The lowest BCUT2D eigenvalue weighted by Crippen LogP contribution is -2.46. The number of rotatable bonds is 7. The average molecular weight is 390 g/mol. The third-order valence-corrected chi connectivity index (χ3v) is 5.46. The van der Waals surface area contributed by atoms with E-state index in [9.17, 15) is 4.79 Å². The Kier molecular flexibility index (Phi) is 5.60. The summed E-state index contributed by atoms with van der Waals surface area (Å²) < 4.78 is 5.81. The molecule has 0 aliphatic carbocycles. The average Bonchev–Trinajstić information content (AvgIpc) is 3.34. The maximum Gasteiger partial charge on any atom is 0.223 e. The van der Waals surface area contributed by atoms with Crippen molar-refractivity contribution in [3.05, 3.63) is 72.6 Å². The van der Waals surface area contributed by atoms with E-state index in [0.29, 0.717) is 31.0 Å². The number of hydrogen-bond acceptors (Lipinski definition) is 4. The largest absolute Gasteiger partial charge is 0.425 e. The van der Waals surface area contributed by atoms with E-state index in [4.69, 9.17) is 4.42 Å². The Hall–Kier alpha value is -3.15. The molecular formula is C23H26N4O2. The summed E-state index contributed by atoms with van der Waals surface area (Å²) in [6.45, 7) is 5.87. The highest BCUT2D eigenvalue weighted by molar-refractivity contribution is 5.83. The molecule has 0 spiro atoms. The molecule has 0 bridgehead atoms. The van der Waals surface area contributed by atoms with Gasteiger partial charge in [-0.2, -0.15) is 0 Å². The number of carbonyl (C=O) groups is 1. The van der Waals surface area contributed by atoms with E-state index >= 15 is 0 Å². The van der Waals surface area contributed by atoms with Gasteiger partial charge in [-0.3, -0.25) is 4.79 Å². The Labute approximate surface area is 170 Å². The fraction of sp³-hybridized carbons (Fsp3) is 0.348. The van der Waals surface area contributed by atoms with E-state index in [1.807, 2.05) is 35.4 Å². The van der Waals surface area contributed by atoms with Gasteiger partial charge in [0.05, 0.1) is 6.42 Å². The van der Waals surface area contributed by atoms with Crippen molar-refractivity contribution in [1.82, 2.24) is 20.1 Å². The van der Waals surface area contributed by atoms with Crippen molar-refractivity contribution >= 4 is 16.8 Å². The van der Waals surface area contributed by atoms with Crippen LogP contribution in [0, 0.1) is 0 Å². The Morgan fingerprint density at radius 1 is 1.34 bits per heavy atom. The van der Waals surface area contributed by atoms with Crippen LogP contribution in [0.25, 0.3) is 10.9 Å². The van der Waals surface area contributed by atoms with Crippen LogP contribution in [0.3, 0.4) is 0 Å². The molecule has 1 aliphatic heterocycles.